The van der Waals surface area contributed by atoms with Crippen molar-refractivity contribution in [2.75, 3.05) is 5.32 Å². The molecule has 0 radical (unpaired) electrons. The van der Waals surface area contributed by atoms with E-state index in [9.17, 15) is 0 Å². The molecule has 12 heavy (non-hydrogen) atoms. The largest absolute Gasteiger partial charge is 0.365 e. The van der Waals surface area contributed by atoms with Crippen LogP contribution in [0.1, 0.15) is 20.8 Å². The van der Waals surface area contributed by atoms with Gasteiger partial charge < -0.3 is 5.32 Å². The van der Waals surface area contributed by atoms with Crippen LogP contribution in [0.4, 0.5) is 5.82 Å². The topological polar surface area (TPSA) is 24.9 Å². The van der Waals surface area contributed by atoms with E-state index in [1.807, 2.05) is 12.1 Å². The zero-order valence-corrected chi connectivity index (χ0v) is 9.71. The van der Waals surface area contributed by atoms with Crippen LogP contribution in [-0.2, 0) is 0 Å². The van der Waals surface area contributed by atoms with Gasteiger partial charge in [-0.05, 0) is 55.5 Å². The first-order valence-corrected chi connectivity index (χ1v) is 4.95. The van der Waals surface area contributed by atoms with Crippen LogP contribution in [0.5, 0.6) is 0 Å². The normalized spacial score (nSPS) is 11.3. The second kappa shape index (κ2) is 3.60. The van der Waals surface area contributed by atoms with Crippen LogP contribution < -0.4 is 5.32 Å². The van der Waals surface area contributed by atoms with E-state index in [0.717, 1.165) is 9.39 Å². The fourth-order valence-electron chi connectivity index (χ4n) is 0.833. The molecule has 0 aliphatic carbocycles. The van der Waals surface area contributed by atoms with Gasteiger partial charge in [0.1, 0.15) is 5.82 Å². The molecule has 1 rings (SSSR count). The van der Waals surface area contributed by atoms with Crippen LogP contribution in [0.3, 0.4) is 0 Å². The standard InChI is InChI=1S/C9H13IN2/c1-9(2,3)12-8-7(10)5-4-6-11-8/h4-6H,1-3H3,(H,11,12). The van der Waals surface area contributed by atoms with Crippen LogP contribution in [0, 0.1) is 3.57 Å². The third-order valence-electron chi connectivity index (χ3n) is 1.25. The van der Waals surface area contributed by atoms with Gasteiger partial charge in [0, 0.05) is 11.7 Å². The number of pyridine rings is 1. The minimum absolute atomic E-state index is 0.0777. The third kappa shape index (κ3) is 2.97. The predicted molar refractivity (Wildman–Crippen MR) is 60.3 cm³/mol. The molecular weight excluding hydrogens is 263 g/mol. The van der Waals surface area contributed by atoms with Crippen molar-refractivity contribution in [3.63, 3.8) is 0 Å². The minimum Gasteiger partial charge on any atom is -0.365 e. The fourth-order valence-corrected chi connectivity index (χ4v) is 1.31. The maximum atomic E-state index is 4.25. The summed E-state index contributed by atoms with van der Waals surface area (Å²) < 4.78 is 1.16. The van der Waals surface area contributed by atoms with Gasteiger partial charge in [-0.3, -0.25) is 0 Å². The van der Waals surface area contributed by atoms with Crippen molar-refractivity contribution >= 4 is 28.4 Å². The van der Waals surface area contributed by atoms with Crippen LogP contribution >= 0.6 is 22.6 Å². The summed E-state index contributed by atoms with van der Waals surface area (Å²) in [5.41, 5.74) is 0.0777. The molecule has 0 atom stereocenters. The zero-order valence-electron chi connectivity index (χ0n) is 7.56. The Morgan fingerprint density at radius 3 is 2.58 bits per heavy atom. The molecule has 0 spiro atoms. The Balaban J connectivity index is 2.83. The molecule has 1 N–H and O–H groups in total. The number of aromatic nitrogens is 1. The zero-order chi connectivity index (χ0) is 9.19. The smallest absolute Gasteiger partial charge is 0.139 e. The summed E-state index contributed by atoms with van der Waals surface area (Å²) >= 11 is 2.28. The monoisotopic (exact) mass is 276 g/mol. The Morgan fingerprint density at radius 1 is 1.42 bits per heavy atom. The summed E-state index contributed by atoms with van der Waals surface area (Å²) in [6, 6.07) is 3.98. The highest BCUT2D eigenvalue weighted by Gasteiger charge is 2.11. The highest BCUT2D eigenvalue weighted by atomic mass is 127. The molecule has 2 nitrogen and oxygen atoms in total. The minimum atomic E-state index is 0.0777. The molecule has 0 aliphatic heterocycles. The lowest BCUT2D eigenvalue weighted by atomic mass is 10.1. The van der Waals surface area contributed by atoms with Crippen LogP contribution in [0.25, 0.3) is 0 Å². The molecule has 0 aromatic carbocycles. The summed E-state index contributed by atoms with van der Waals surface area (Å²) in [6.07, 6.45) is 1.80. The van der Waals surface area contributed by atoms with Crippen molar-refractivity contribution in [1.29, 1.82) is 0 Å². The molecule has 3 heteroatoms. The lowest BCUT2D eigenvalue weighted by molar-refractivity contribution is 0.630. The van der Waals surface area contributed by atoms with E-state index in [1.165, 1.54) is 0 Å². The van der Waals surface area contributed by atoms with Gasteiger partial charge in [-0.25, -0.2) is 4.98 Å². The van der Waals surface area contributed by atoms with Crippen molar-refractivity contribution in [3.8, 4) is 0 Å². The maximum absolute atomic E-state index is 4.25. The quantitative estimate of drug-likeness (QED) is 0.798. The fraction of sp³-hybridized carbons (Fsp3) is 0.444. The number of anilines is 1. The van der Waals surface area contributed by atoms with Crippen molar-refractivity contribution in [2.45, 2.75) is 26.3 Å². The Labute approximate surface area is 86.9 Å². The number of nitrogens with one attached hydrogen (secondary N) is 1. The summed E-state index contributed by atoms with van der Waals surface area (Å²) in [5.74, 6) is 0.964. The summed E-state index contributed by atoms with van der Waals surface area (Å²) in [6.45, 7) is 6.37. The Hall–Kier alpha value is -0.320. The second-order valence-electron chi connectivity index (χ2n) is 3.71. The molecule has 0 fully saturated rings. The van der Waals surface area contributed by atoms with Crippen molar-refractivity contribution in [3.05, 3.63) is 21.9 Å². The SMILES string of the molecule is CC(C)(C)Nc1ncccc1I. The molecule has 1 aromatic rings. The molecule has 0 bridgehead atoms. The van der Waals surface area contributed by atoms with Gasteiger partial charge >= 0.3 is 0 Å². The molecule has 0 unspecified atom stereocenters. The Bertz CT molecular complexity index is 265. The Morgan fingerprint density at radius 2 is 2.08 bits per heavy atom. The van der Waals surface area contributed by atoms with Gasteiger partial charge in [0.25, 0.3) is 0 Å². The van der Waals surface area contributed by atoms with E-state index < -0.39 is 0 Å². The first kappa shape index (κ1) is 9.77. The molecule has 0 saturated heterocycles. The van der Waals surface area contributed by atoms with E-state index >= 15 is 0 Å². The van der Waals surface area contributed by atoms with Crippen LogP contribution in [0.15, 0.2) is 18.3 Å². The molecule has 1 aromatic heterocycles. The lowest BCUT2D eigenvalue weighted by Crippen LogP contribution is -2.27. The van der Waals surface area contributed by atoms with Gasteiger partial charge in [0.2, 0.25) is 0 Å². The number of nitrogens with zero attached hydrogens (tertiary/aromatic N) is 1. The van der Waals surface area contributed by atoms with E-state index in [-0.39, 0.29) is 5.54 Å². The highest BCUT2D eigenvalue weighted by Crippen LogP contribution is 2.17. The number of hydrogen-bond acceptors (Lipinski definition) is 2. The summed E-state index contributed by atoms with van der Waals surface area (Å²) in [7, 11) is 0. The van der Waals surface area contributed by atoms with Gasteiger partial charge in [-0.2, -0.15) is 0 Å². The van der Waals surface area contributed by atoms with E-state index in [1.54, 1.807) is 6.20 Å². The average molecular weight is 276 g/mol. The van der Waals surface area contributed by atoms with E-state index in [2.05, 4.69) is 53.7 Å². The number of hydrogen-bond donors (Lipinski definition) is 1. The van der Waals surface area contributed by atoms with Crippen molar-refractivity contribution < 1.29 is 0 Å². The van der Waals surface area contributed by atoms with Crippen molar-refractivity contribution in [1.82, 2.24) is 4.98 Å². The van der Waals surface area contributed by atoms with Gasteiger partial charge in [0.05, 0.1) is 3.57 Å². The molecule has 66 valence electrons. The molecule has 0 saturated carbocycles. The molecule has 1 heterocycles. The first-order chi connectivity index (χ1) is 5.49. The highest BCUT2D eigenvalue weighted by molar-refractivity contribution is 14.1. The van der Waals surface area contributed by atoms with Crippen LogP contribution in [-0.4, -0.2) is 10.5 Å². The molecule has 0 aliphatic rings. The first-order valence-electron chi connectivity index (χ1n) is 3.88. The van der Waals surface area contributed by atoms with E-state index in [0.29, 0.717) is 0 Å². The molecule has 0 amide bonds. The van der Waals surface area contributed by atoms with Gasteiger partial charge in [0.15, 0.2) is 0 Å². The molecular formula is C9H13IN2. The third-order valence-corrected chi connectivity index (χ3v) is 2.12. The predicted octanol–water partition coefficient (Wildman–Crippen LogP) is 2.90. The number of halogens is 1. The summed E-state index contributed by atoms with van der Waals surface area (Å²) in [5, 5.41) is 3.33. The number of rotatable bonds is 1. The van der Waals surface area contributed by atoms with Crippen LogP contribution in [0.2, 0.25) is 0 Å². The van der Waals surface area contributed by atoms with E-state index in [4.69, 9.17) is 0 Å². The van der Waals surface area contributed by atoms with Gasteiger partial charge in [-0.15, -0.1) is 0 Å². The average Bonchev–Trinajstić information content (AvgIpc) is 1.91. The summed E-state index contributed by atoms with van der Waals surface area (Å²) in [4.78, 5) is 4.25. The Kier molecular flexibility index (Phi) is 2.93. The second-order valence-corrected chi connectivity index (χ2v) is 4.87. The lowest BCUT2D eigenvalue weighted by Gasteiger charge is -2.21. The maximum Gasteiger partial charge on any atom is 0.139 e. The van der Waals surface area contributed by atoms with Crippen molar-refractivity contribution in [2.24, 2.45) is 0 Å². The van der Waals surface area contributed by atoms with Gasteiger partial charge in [-0.1, -0.05) is 0 Å².